The molecule has 1 fully saturated rings. The van der Waals surface area contributed by atoms with Crippen LogP contribution in [-0.2, 0) is 4.79 Å². The second-order valence-corrected chi connectivity index (χ2v) is 6.04. The van der Waals surface area contributed by atoms with Crippen LogP contribution in [0.1, 0.15) is 44.7 Å². The summed E-state index contributed by atoms with van der Waals surface area (Å²) < 4.78 is 0. The van der Waals surface area contributed by atoms with E-state index in [2.05, 4.69) is 17.1 Å². The molecule has 1 saturated heterocycles. The quantitative estimate of drug-likeness (QED) is 0.872. The number of nitrogens with zero attached hydrogens (tertiary/aromatic N) is 1. The van der Waals surface area contributed by atoms with Gasteiger partial charge in [-0.15, -0.1) is 0 Å². The summed E-state index contributed by atoms with van der Waals surface area (Å²) in [6, 6.07) is 10.9. The number of carbonyl (C=O) groups is 1. The average Bonchev–Trinajstić information content (AvgIpc) is 2.50. The van der Waals surface area contributed by atoms with Crippen LogP contribution in [0.25, 0.3) is 0 Å². The standard InChI is InChI=1S/C17H27N3O/c1-13-7-6-10-16(11-18)20(13)12-17(21)19-14(2)15-8-4-3-5-9-15/h3-5,8-9,13-14,16H,6-7,10-12,18H2,1-2H3,(H,19,21). The molecule has 1 aromatic rings. The van der Waals surface area contributed by atoms with E-state index >= 15 is 0 Å². The zero-order chi connectivity index (χ0) is 15.2. The molecule has 0 saturated carbocycles. The number of amides is 1. The van der Waals surface area contributed by atoms with Gasteiger partial charge in [0.15, 0.2) is 0 Å². The van der Waals surface area contributed by atoms with Crippen molar-refractivity contribution < 1.29 is 4.79 Å². The predicted molar refractivity (Wildman–Crippen MR) is 85.9 cm³/mol. The normalized spacial score (nSPS) is 24.5. The molecule has 3 N–H and O–H groups in total. The smallest absolute Gasteiger partial charge is 0.234 e. The topological polar surface area (TPSA) is 58.4 Å². The van der Waals surface area contributed by atoms with Gasteiger partial charge in [0.25, 0.3) is 0 Å². The number of hydrogen-bond donors (Lipinski definition) is 2. The first-order valence-electron chi connectivity index (χ1n) is 7.92. The second kappa shape index (κ2) is 7.57. The van der Waals surface area contributed by atoms with Crippen molar-refractivity contribution in [3.8, 4) is 0 Å². The van der Waals surface area contributed by atoms with Gasteiger partial charge in [-0.25, -0.2) is 0 Å². The summed E-state index contributed by atoms with van der Waals surface area (Å²) in [5.41, 5.74) is 6.98. The lowest BCUT2D eigenvalue weighted by Gasteiger charge is -2.39. The second-order valence-electron chi connectivity index (χ2n) is 6.04. The Bertz CT molecular complexity index is 449. The van der Waals surface area contributed by atoms with E-state index in [4.69, 9.17) is 5.73 Å². The van der Waals surface area contributed by atoms with E-state index in [-0.39, 0.29) is 11.9 Å². The van der Waals surface area contributed by atoms with Gasteiger partial charge < -0.3 is 11.1 Å². The minimum absolute atomic E-state index is 0.0372. The molecule has 1 aromatic carbocycles. The van der Waals surface area contributed by atoms with E-state index in [0.717, 1.165) is 18.4 Å². The molecule has 0 radical (unpaired) electrons. The number of nitrogens with one attached hydrogen (secondary N) is 1. The third kappa shape index (κ3) is 4.29. The summed E-state index contributed by atoms with van der Waals surface area (Å²) in [5, 5.41) is 3.09. The van der Waals surface area contributed by atoms with Crippen molar-refractivity contribution >= 4 is 5.91 Å². The highest BCUT2D eigenvalue weighted by Crippen LogP contribution is 2.22. The van der Waals surface area contributed by atoms with Crippen LogP contribution in [0.15, 0.2) is 30.3 Å². The molecule has 4 heteroatoms. The van der Waals surface area contributed by atoms with E-state index in [1.807, 2.05) is 37.3 Å². The fourth-order valence-electron chi connectivity index (χ4n) is 3.16. The molecule has 1 aliphatic rings. The fourth-order valence-corrected chi connectivity index (χ4v) is 3.16. The van der Waals surface area contributed by atoms with Crippen molar-refractivity contribution in [2.75, 3.05) is 13.1 Å². The molecule has 116 valence electrons. The lowest BCUT2D eigenvalue weighted by Crippen LogP contribution is -2.52. The molecule has 4 nitrogen and oxygen atoms in total. The monoisotopic (exact) mass is 289 g/mol. The summed E-state index contributed by atoms with van der Waals surface area (Å²) in [4.78, 5) is 14.6. The van der Waals surface area contributed by atoms with E-state index < -0.39 is 0 Å². The average molecular weight is 289 g/mol. The molecule has 1 heterocycles. The van der Waals surface area contributed by atoms with Crippen LogP contribution in [0.4, 0.5) is 0 Å². The molecule has 3 atom stereocenters. The third-order valence-corrected chi connectivity index (χ3v) is 4.47. The maximum atomic E-state index is 12.3. The Balaban J connectivity index is 1.91. The number of rotatable bonds is 5. The summed E-state index contributed by atoms with van der Waals surface area (Å²) in [5.74, 6) is 0.0820. The van der Waals surface area contributed by atoms with Gasteiger partial charge in [0.1, 0.15) is 0 Å². The van der Waals surface area contributed by atoms with E-state index in [9.17, 15) is 4.79 Å². The molecule has 2 rings (SSSR count). The molecule has 0 spiro atoms. The van der Waals surface area contributed by atoms with Gasteiger partial charge in [0.05, 0.1) is 12.6 Å². The van der Waals surface area contributed by atoms with E-state index in [0.29, 0.717) is 25.2 Å². The number of hydrogen-bond acceptors (Lipinski definition) is 3. The predicted octanol–water partition coefficient (Wildman–Crippen LogP) is 2.07. The van der Waals surface area contributed by atoms with Crippen LogP contribution in [0.2, 0.25) is 0 Å². The Kier molecular flexibility index (Phi) is 5.76. The highest BCUT2D eigenvalue weighted by molar-refractivity contribution is 5.78. The van der Waals surface area contributed by atoms with Crippen molar-refractivity contribution in [2.45, 2.75) is 51.2 Å². The molecule has 3 unspecified atom stereocenters. The van der Waals surface area contributed by atoms with Gasteiger partial charge in [-0.2, -0.15) is 0 Å². The molecular weight excluding hydrogens is 262 g/mol. The first-order valence-corrected chi connectivity index (χ1v) is 7.92. The summed E-state index contributed by atoms with van der Waals surface area (Å²) in [6.07, 6.45) is 3.46. The minimum atomic E-state index is 0.0372. The molecule has 1 aliphatic heterocycles. The lowest BCUT2D eigenvalue weighted by atomic mass is 9.96. The minimum Gasteiger partial charge on any atom is -0.348 e. The van der Waals surface area contributed by atoms with Crippen molar-refractivity contribution in [1.29, 1.82) is 0 Å². The van der Waals surface area contributed by atoms with Crippen molar-refractivity contribution in [1.82, 2.24) is 10.2 Å². The van der Waals surface area contributed by atoms with Crippen LogP contribution in [-0.4, -0.2) is 36.0 Å². The van der Waals surface area contributed by atoms with Crippen LogP contribution < -0.4 is 11.1 Å². The van der Waals surface area contributed by atoms with Crippen molar-refractivity contribution in [3.63, 3.8) is 0 Å². The Morgan fingerprint density at radius 2 is 2.10 bits per heavy atom. The van der Waals surface area contributed by atoms with Gasteiger partial charge in [-0.05, 0) is 32.3 Å². The number of carbonyl (C=O) groups excluding carboxylic acids is 1. The van der Waals surface area contributed by atoms with Crippen LogP contribution in [0.3, 0.4) is 0 Å². The molecular formula is C17H27N3O. The number of likely N-dealkylation sites (tertiary alicyclic amines) is 1. The molecule has 21 heavy (non-hydrogen) atoms. The molecule has 0 bridgehead atoms. The van der Waals surface area contributed by atoms with Gasteiger partial charge in [0, 0.05) is 18.6 Å². The van der Waals surface area contributed by atoms with Crippen LogP contribution in [0, 0.1) is 0 Å². The van der Waals surface area contributed by atoms with Crippen molar-refractivity contribution in [3.05, 3.63) is 35.9 Å². The summed E-state index contributed by atoms with van der Waals surface area (Å²) in [6.45, 7) is 5.29. The third-order valence-electron chi connectivity index (χ3n) is 4.47. The van der Waals surface area contributed by atoms with Gasteiger partial charge in [0.2, 0.25) is 5.91 Å². The molecule has 0 aliphatic carbocycles. The van der Waals surface area contributed by atoms with Gasteiger partial charge in [-0.3, -0.25) is 9.69 Å². The first-order chi connectivity index (χ1) is 10.1. The Morgan fingerprint density at radius 3 is 2.76 bits per heavy atom. The van der Waals surface area contributed by atoms with Crippen LogP contribution >= 0.6 is 0 Å². The Hall–Kier alpha value is -1.39. The number of benzene rings is 1. The van der Waals surface area contributed by atoms with Gasteiger partial charge in [-0.1, -0.05) is 36.8 Å². The summed E-state index contributed by atoms with van der Waals surface area (Å²) >= 11 is 0. The number of nitrogens with two attached hydrogens (primary N) is 1. The first kappa shape index (κ1) is 16.0. The van der Waals surface area contributed by atoms with Crippen molar-refractivity contribution in [2.24, 2.45) is 5.73 Å². The lowest BCUT2D eigenvalue weighted by molar-refractivity contribution is -0.124. The van der Waals surface area contributed by atoms with E-state index in [1.54, 1.807) is 0 Å². The molecule has 1 amide bonds. The van der Waals surface area contributed by atoms with E-state index in [1.165, 1.54) is 6.42 Å². The molecule has 0 aromatic heterocycles. The number of piperidine rings is 1. The maximum Gasteiger partial charge on any atom is 0.234 e. The summed E-state index contributed by atoms with van der Waals surface area (Å²) in [7, 11) is 0. The Labute approximate surface area is 127 Å². The SMILES string of the molecule is CC(NC(=O)CN1C(C)CCCC1CN)c1ccccc1. The highest BCUT2D eigenvalue weighted by atomic mass is 16.2. The van der Waals surface area contributed by atoms with Gasteiger partial charge >= 0.3 is 0 Å². The zero-order valence-electron chi connectivity index (χ0n) is 13.1. The zero-order valence-corrected chi connectivity index (χ0v) is 13.1. The largest absolute Gasteiger partial charge is 0.348 e. The Morgan fingerprint density at radius 1 is 1.38 bits per heavy atom. The highest BCUT2D eigenvalue weighted by Gasteiger charge is 2.28. The maximum absolute atomic E-state index is 12.3. The van der Waals surface area contributed by atoms with Crippen LogP contribution in [0.5, 0.6) is 0 Å². The fraction of sp³-hybridized carbons (Fsp3) is 0.588.